The topological polar surface area (TPSA) is 64.8 Å². The highest BCUT2D eigenvalue weighted by molar-refractivity contribution is 5.95. The second-order valence-electron chi connectivity index (χ2n) is 5.61. The third-order valence-electron chi connectivity index (χ3n) is 4.09. The SMILES string of the molecule is COc1cc(OC)cc(C(=O)N2CCCC(C(C)N)C2)c1. The summed E-state index contributed by atoms with van der Waals surface area (Å²) in [7, 11) is 3.16. The summed E-state index contributed by atoms with van der Waals surface area (Å²) in [6, 6.07) is 5.37. The van der Waals surface area contributed by atoms with E-state index in [1.807, 2.05) is 11.8 Å². The van der Waals surface area contributed by atoms with Gasteiger partial charge in [-0.25, -0.2) is 0 Å². The molecule has 1 aliphatic heterocycles. The maximum atomic E-state index is 12.7. The summed E-state index contributed by atoms with van der Waals surface area (Å²) >= 11 is 0. The number of likely N-dealkylation sites (tertiary alicyclic amines) is 1. The Morgan fingerprint density at radius 2 is 1.90 bits per heavy atom. The van der Waals surface area contributed by atoms with E-state index in [-0.39, 0.29) is 11.9 Å². The number of hydrogen-bond acceptors (Lipinski definition) is 4. The fourth-order valence-corrected chi connectivity index (χ4v) is 2.74. The lowest BCUT2D eigenvalue weighted by Crippen LogP contribution is -2.45. The van der Waals surface area contributed by atoms with Gasteiger partial charge < -0.3 is 20.1 Å². The number of piperidine rings is 1. The maximum absolute atomic E-state index is 12.7. The van der Waals surface area contributed by atoms with Crippen molar-refractivity contribution in [2.24, 2.45) is 11.7 Å². The van der Waals surface area contributed by atoms with Crippen LogP contribution in [0, 0.1) is 5.92 Å². The van der Waals surface area contributed by atoms with E-state index in [2.05, 4.69) is 0 Å². The van der Waals surface area contributed by atoms with Gasteiger partial charge in [-0.3, -0.25) is 4.79 Å². The van der Waals surface area contributed by atoms with Gasteiger partial charge >= 0.3 is 0 Å². The molecule has 0 spiro atoms. The van der Waals surface area contributed by atoms with Crippen LogP contribution in [0.2, 0.25) is 0 Å². The number of nitrogens with two attached hydrogens (primary N) is 1. The molecule has 0 bridgehead atoms. The van der Waals surface area contributed by atoms with Crippen molar-refractivity contribution < 1.29 is 14.3 Å². The molecule has 0 aliphatic carbocycles. The Labute approximate surface area is 126 Å². The summed E-state index contributed by atoms with van der Waals surface area (Å²) in [5, 5.41) is 0. The Kier molecular flexibility index (Phi) is 5.07. The standard InChI is InChI=1S/C16H24N2O3/c1-11(17)12-5-4-6-18(10-12)16(19)13-7-14(20-2)9-15(8-13)21-3/h7-9,11-12H,4-6,10,17H2,1-3H3. The van der Waals surface area contributed by atoms with Crippen LogP contribution in [0.4, 0.5) is 0 Å². The lowest BCUT2D eigenvalue weighted by Gasteiger charge is -2.34. The van der Waals surface area contributed by atoms with Crippen LogP contribution in [0.3, 0.4) is 0 Å². The molecule has 1 aromatic rings. The first-order chi connectivity index (χ1) is 10.0. The van der Waals surface area contributed by atoms with Gasteiger partial charge in [-0.2, -0.15) is 0 Å². The number of nitrogens with zero attached hydrogens (tertiary/aromatic N) is 1. The number of amides is 1. The molecule has 0 aromatic heterocycles. The molecule has 1 aromatic carbocycles. The largest absolute Gasteiger partial charge is 0.497 e. The average molecular weight is 292 g/mol. The second kappa shape index (κ2) is 6.80. The molecule has 2 atom stereocenters. The zero-order valence-electron chi connectivity index (χ0n) is 13.0. The zero-order valence-corrected chi connectivity index (χ0v) is 13.0. The first-order valence-electron chi connectivity index (χ1n) is 7.33. The van der Waals surface area contributed by atoms with Crippen molar-refractivity contribution in [1.29, 1.82) is 0 Å². The van der Waals surface area contributed by atoms with Gasteiger partial charge in [0.15, 0.2) is 0 Å². The van der Waals surface area contributed by atoms with E-state index in [0.29, 0.717) is 23.0 Å². The van der Waals surface area contributed by atoms with Gasteiger partial charge in [0.1, 0.15) is 11.5 Å². The Bertz CT molecular complexity index is 480. The lowest BCUT2D eigenvalue weighted by atomic mass is 9.92. The van der Waals surface area contributed by atoms with Crippen molar-refractivity contribution in [3.63, 3.8) is 0 Å². The third-order valence-corrected chi connectivity index (χ3v) is 4.09. The summed E-state index contributed by atoms with van der Waals surface area (Å²) in [6.45, 7) is 3.50. The number of benzene rings is 1. The molecular weight excluding hydrogens is 268 g/mol. The fraction of sp³-hybridized carbons (Fsp3) is 0.562. The van der Waals surface area contributed by atoms with E-state index in [0.717, 1.165) is 25.9 Å². The first kappa shape index (κ1) is 15.6. The van der Waals surface area contributed by atoms with Crippen LogP contribution >= 0.6 is 0 Å². The van der Waals surface area contributed by atoms with E-state index < -0.39 is 0 Å². The molecule has 0 radical (unpaired) electrons. The molecule has 1 heterocycles. The molecule has 2 rings (SSSR count). The number of carbonyl (C=O) groups excluding carboxylic acids is 1. The minimum atomic E-state index is 0.0116. The number of methoxy groups -OCH3 is 2. The van der Waals surface area contributed by atoms with Gasteiger partial charge in [0.25, 0.3) is 5.91 Å². The van der Waals surface area contributed by atoms with Crippen LogP contribution in [0.1, 0.15) is 30.1 Å². The van der Waals surface area contributed by atoms with Gasteiger partial charge in [-0.1, -0.05) is 0 Å². The number of hydrogen-bond donors (Lipinski definition) is 1. The molecule has 2 N–H and O–H groups in total. The van der Waals surface area contributed by atoms with Gasteiger partial charge in [-0.05, 0) is 37.8 Å². The molecule has 5 heteroatoms. The van der Waals surface area contributed by atoms with Crippen molar-refractivity contribution in [2.75, 3.05) is 27.3 Å². The molecule has 5 nitrogen and oxygen atoms in total. The summed E-state index contributed by atoms with van der Waals surface area (Å²) in [5.41, 5.74) is 6.58. The minimum absolute atomic E-state index is 0.0116. The summed E-state index contributed by atoms with van der Waals surface area (Å²) in [5.74, 6) is 1.63. The van der Waals surface area contributed by atoms with E-state index in [1.165, 1.54) is 0 Å². The predicted molar refractivity (Wildman–Crippen MR) is 81.8 cm³/mol. The molecule has 1 fully saturated rings. The van der Waals surface area contributed by atoms with Gasteiger partial charge in [0.05, 0.1) is 14.2 Å². The van der Waals surface area contributed by atoms with Gasteiger partial charge in [0, 0.05) is 30.8 Å². The van der Waals surface area contributed by atoms with E-state index in [4.69, 9.17) is 15.2 Å². The number of ether oxygens (including phenoxy) is 2. The Morgan fingerprint density at radius 1 is 1.29 bits per heavy atom. The number of rotatable bonds is 4. The normalized spacial score (nSPS) is 20.0. The summed E-state index contributed by atoms with van der Waals surface area (Å²) in [4.78, 5) is 14.6. The van der Waals surface area contributed by atoms with Crippen molar-refractivity contribution >= 4 is 5.91 Å². The monoisotopic (exact) mass is 292 g/mol. The van der Waals surface area contributed by atoms with E-state index in [1.54, 1.807) is 32.4 Å². The Hall–Kier alpha value is -1.75. The summed E-state index contributed by atoms with van der Waals surface area (Å²) < 4.78 is 10.4. The van der Waals surface area contributed by atoms with Crippen molar-refractivity contribution in [3.8, 4) is 11.5 Å². The van der Waals surface area contributed by atoms with E-state index in [9.17, 15) is 4.79 Å². The minimum Gasteiger partial charge on any atom is -0.497 e. The summed E-state index contributed by atoms with van der Waals surface area (Å²) in [6.07, 6.45) is 2.09. The maximum Gasteiger partial charge on any atom is 0.254 e. The second-order valence-corrected chi connectivity index (χ2v) is 5.61. The molecule has 2 unspecified atom stereocenters. The van der Waals surface area contributed by atoms with Crippen molar-refractivity contribution in [2.45, 2.75) is 25.8 Å². The Morgan fingerprint density at radius 3 is 2.43 bits per heavy atom. The molecule has 21 heavy (non-hydrogen) atoms. The predicted octanol–water partition coefficient (Wildman–Crippen LogP) is 1.90. The molecule has 1 amide bonds. The third kappa shape index (κ3) is 3.67. The highest BCUT2D eigenvalue weighted by atomic mass is 16.5. The zero-order chi connectivity index (χ0) is 15.4. The van der Waals surface area contributed by atoms with Crippen LogP contribution in [0.25, 0.3) is 0 Å². The quantitative estimate of drug-likeness (QED) is 0.920. The molecule has 0 saturated carbocycles. The van der Waals surface area contributed by atoms with Gasteiger partial charge in [0.2, 0.25) is 0 Å². The van der Waals surface area contributed by atoms with Crippen LogP contribution < -0.4 is 15.2 Å². The molecular formula is C16H24N2O3. The molecule has 1 aliphatic rings. The highest BCUT2D eigenvalue weighted by Gasteiger charge is 2.26. The van der Waals surface area contributed by atoms with Gasteiger partial charge in [-0.15, -0.1) is 0 Å². The number of carbonyl (C=O) groups is 1. The lowest BCUT2D eigenvalue weighted by molar-refractivity contribution is 0.0660. The van der Waals surface area contributed by atoms with Crippen LogP contribution in [-0.4, -0.2) is 44.2 Å². The van der Waals surface area contributed by atoms with Crippen molar-refractivity contribution in [3.05, 3.63) is 23.8 Å². The average Bonchev–Trinajstić information content (AvgIpc) is 2.53. The smallest absolute Gasteiger partial charge is 0.254 e. The molecule has 1 saturated heterocycles. The van der Waals surface area contributed by atoms with Crippen LogP contribution in [-0.2, 0) is 0 Å². The fourth-order valence-electron chi connectivity index (χ4n) is 2.74. The van der Waals surface area contributed by atoms with Crippen LogP contribution in [0.15, 0.2) is 18.2 Å². The highest BCUT2D eigenvalue weighted by Crippen LogP contribution is 2.25. The first-order valence-corrected chi connectivity index (χ1v) is 7.33. The van der Waals surface area contributed by atoms with Crippen molar-refractivity contribution in [1.82, 2.24) is 4.90 Å². The van der Waals surface area contributed by atoms with E-state index >= 15 is 0 Å². The Balaban J connectivity index is 2.19. The molecule has 116 valence electrons. The van der Waals surface area contributed by atoms with Crippen LogP contribution in [0.5, 0.6) is 11.5 Å².